The number of anilines is 2. The van der Waals surface area contributed by atoms with Gasteiger partial charge in [-0.1, -0.05) is 36.0 Å². The number of nitrogens with zero attached hydrogens (tertiary/aromatic N) is 2. The van der Waals surface area contributed by atoms with E-state index in [-0.39, 0.29) is 23.1 Å². The van der Waals surface area contributed by atoms with Gasteiger partial charge in [-0.2, -0.15) is 0 Å². The van der Waals surface area contributed by atoms with Crippen LogP contribution < -0.4 is 15.8 Å². The average molecular weight is 394 g/mol. The Kier molecular flexibility index (Phi) is 4.43. The molecule has 8 heteroatoms. The number of H-pyrrole nitrogens is 1. The lowest BCUT2D eigenvalue weighted by Crippen LogP contribution is -2.59. The molecule has 0 unspecified atom stereocenters. The summed E-state index contributed by atoms with van der Waals surface area (Å²) in [4.78, 5) is 46.4. The van der Waals surface area contributed by atoms with Crippen LogP contribution in [-0.4, -0.2) is 33.1 Å². The van der Waals surface area contributed by atoms with Gasteiger partial charge in [-0.15, -0.1) is 0 Å². The highest BCUT2D eigenvalue weighted by Crippen LogP contribution is 2.37. The van der Waals surface area contributed by atoms with Gasteiger partial charge >= 0.3 is 0 Å². The van der Waals surface area contributed by atoms with Gasteiger partial charge in [0.15, 0.2) is 5.16 Å². The molecule has 0 spiro atoms. The van der Waals surface area contributed by atoms with Gasteiger partial charge in [-0.05, 0) is 38.1 Å². The van der Waals surface area contributed by atoms with E-state index in [0.29, 0.717) is 27.4 Å². The predicted molar refractivity (Wildman–Crippen MR) is 110 cm³/mol. The lowest BCUT2D eigenvalue weighted by Gasteiger charge is -2.42. The Morgan fingerprint density at radius 3 is 2.64 bits per heavy atom. The molecule has 4 rings (SSSR count). The molecule has 1 aromatic heterocycles. The molecule has 0 saturated carbocycles. The number of aromatic amines is 1. The van der Waals surface area contributed by atoms with E-state index in [9.17, 15) is 14.4 Å². The number of carbonyl (C=O) groups excluding carboxylic acids is 2. The van der Waals surface area contributed by atoms with E-state index in [0.717, 1.165) is 11.8 Å². The number of para-hydroxylation sites is 3. The third kappa shape index (κ3) is 3.05. The quantitative estimate of drug-likeness (QED) is 0.526. The fraction of sp³-hybridized carbons (Fsp3) is 0.200. The first-order chi connectivity index (χ1) is 13.4. The summed E-state index contributed by atoms with van der Waals surface area (Å²) in [5, 5.41) is 3.70. The zero-order valence-corrected chi connectivity index (χ0v) is 16.2. The summed E-state index contributed by atoms with van der Waals surface area (Å²) in [7, 11) is 0. The van der Waals surface area contributed by atoms with Crippen molar-refractivity contribution in [2.75, 3.05) is 16.0 Å². The van der Waals surface area contributed by atoms with Crippen LogP contribution in [0.2, 0.25) is 0 Å². The van der Waals surface area contributed by atoms with Crippen LogP contribution in [0, 0.1) is 0 Å². The Labute approximate surface area is 165 Å². The number of benzene rings is 2. The molecule has 1 aliphatic heterocycles. The second kappa shape index (κ2) is 6.79. The van der Waals surface area contributed by atoms with Crippen molar-refractivity contribution in [1.29, 1.82) is 0 Å². The molecule has 2 amide bonds. The van der Waals surface area contributed by atoms with Crippen molar-refractivity contribution in [2.45, 2.75) is 24.5 Å². The highest BCUT2D eigenvalue weighted by Gasteiger charge is 2.43. The molecule has 0 saturated heterocycles. The summed E-state index contributed by atoms with van der Waals surface area (Å²) in [6.07, 6.45) is 0. The van der Waals surface area contributed by atoms with E-state index in [2.05, 4.69) is 15.3 Å². The first-order valence-corrected chi connectivity index (χ1v) is 9.72. The maximum Gasteiger partial charge on any atom is 0.259 e. The van der Waals surface area contributed by atoms with Crippen molar-refractivity contribution in [3.63, 3.8) is 0 Å². The monoisotopic (exact) mass is 394 g/mol. The number of carbonyl (C=O) groups is 2. The average Bonchev–Trinajstić information content (AvgIpc) is 2.67. The third-order valence-corrected chi connectivity index (χ3v) is 5.54. The largest absolute Gasteiger partial charge is 0.322 e. The van der Waals surface area contributed by atoms with E-state index < -0.39 is 5.54 Å². The SMILES string of the molecule is CC1(C)C(=O)Nc2ccccc2N1C(=O)CSc1nc2ccccc2c(=O)[nH]1. The Morgan fingerprint density at radius 1 is 1.11 bits per heavy atom. The van der Waals surface area contributed by atoms with Crippen molar-refractivity contribution in [1.82, 2.24) is 9.97 Å². The van der Waals surface area contributed by atoms with Crippen molar-refractivity contribution < 1.29 is 9.59 Å². The van der Waals surface area contributed by atoms with Crippen molar-refractivity contribution in [3.8, 4) is 0 Å². The van der Waals surface area contributed by atoms with E-state index in [1.165, 1.54) is 4.90 Å². The molecule has 2 heterocycles. The lowest BCUT2D eigenvalue weighted by atomic mass is 9.96. The Hall–Kier alpha value is -3.13. The standard InChI is InChI=1S/C20H18N4O3S/c1-20(2)18(27)21-14-9-5-6-10-15(14)24(20)16(25)11-28-19-22-13-8-4-3-7-12(13)17(26)23-19/h3-10H,11H2,1-2H3,(H,21,27)(H,22,23,26). The molecule has 7 nitrogen and oxygen atoms in total. The van der Waals surface area contributed by atoms with Crippen molar-refractivity contribution in [3.05, 3.63) is 58.9 Å². The van der Waals surface area contributed by atoms with Crippen LogP contribution >= 0.6 is 11.8 Å². The highest BCUT2D eigenvalue weighted by atomic mass is 32.2. The Balaban J connectivity index is 1.62. The van der Waals surface area contributed by atoms with Gasteiger partial charge in [0.1, 0.15) is 5.54 Å². The first kappa shape index (κ1) is 18.2. The van der Waals surface area contributed by atoms with E-state index in [4.69, 9.17) is 0 Å². The second-order valence-corrected chi connectivity index (χ2v) is 7.90. The van der Waals surface area contributed by atoms with Crippen LogP contribution in [-0.2, 0) is 9.59 Å². The summed E-state index contributed by atoms with van der Waals surface area (Å²) in [5.41, 5.74) is 0.545. The number of amides is 2. The molecule has 0 atom stereocenters. The zero-order chi connectivity index (χ0) is 19.9. The van der Waals surface area contributed by atoms with Gasteiger partial charge in [0.2, 0.25) is 11.8 Å². The minimum absolute atomic E-state index is 0.0341. The Morgan fingerprint density at radius 2 is 1.82 bits per heavy atom. The van der Waals surface area contributed by atoms with Crippen LogP contribution in [0.15, 0.2) is 58.5 Å². The summed E-state index contributed by atoms with van der Waals surface area (Å²) in [6.45, 7) is 3.41. The smallest absolute Gasteiger partial charge is 0.259 e. The maximum atomic E-state index is 13.0. The molecule has 142 valence electrons. The van der Waals surface area contributed by atoms with E-state index in [1.807, 2.05) is 6.07 Å². The van der Waals surface area contributed by atoms with Crippen LogP contribution in [0.1, 0.15) is 13.8 Å². The molecular formula is C20H18N4O3S. The number of fused-ring (bicyclic) bond motifs is 2. The molecule has 2 aromatic carbocycles. The topological polar surface area (TPSA) is 95.2 Å². The van der Waals surface area contributed by atoms with E-state index in [1.54, 1.807) is 56.3 Å². The van der Waals surface area contributed by atoms with Gasteiger partial charge < -0.3 is 10.3 Å². The minimum Gasteiger partial charge on any atom is -0.322 e. The fourth-order valence-electron chi connectivity index (χ4n) is 3.23. The highest BCUT2D eigenvalue weighted by molar-refractivity contribution is 7.99. The molecule has 0 fully saturated rings. The fourth-order valence-corrected chi connectivity index (χ4v) is 3.94. The van der Waals surface area contributed by atoms with E-state index >= 15 is 0 Å². The third-order valence-electron chi connectivity index (χ3n) is 4.68. The zero-order valence-electron chi connectivity index (χ0n) is 15.4. The number of hydrogen-bond acceptors (Lipinski definition) is 5. The second-order valence-electron chi connectivity index (χ2n) is 6.94. The lowest BCUT2D eigenvalue weighted by molar-refractivity contribution is -0.125. The van der Waals surface area contributed by atoms with Gasteiger partial charge in [-0.25, -0.2) is 4.98 Å². The number of hydrogen-bond donors (Lipinski definition) is 2. The van der Waals surface area contributed by atoms with Gasteiger partial charge in [0.25, 0.3) is 5.56 Å². The molecule has 0 bridgehead atoms. The van der Waals surface area contributed by atoms with Gasteiger partial charge in [0, 0.05) is 0 Å². The molecule has 2 N–H and O–H groups in total. The molecule has 3 aromatic rings. The number of nitrogens with one attached hydrogen (secondary N) is 2. The number of aromatic nitrogens is 2. The Bertz CT molecular complexity index is 1160. The van der Waals surface area contributed by atoms with Crippen LogP contribution in [0.3, 0.4) is 0 Å². The number of thioether (sulfide) groups is 1. The summed E-state index contributed by atoms with van der Waals surface area (Å²) >= 11 is 1.14. The molecular weight excluding hydrogens is 376 g/mol. The first-order valence-electron chi connectivity index (χ1n) is 8.73. The van der Waals surface area contributed by atoms with Crippen LogP contribution in [0.5, 0.6) is 0 Å². The maximum absolute atomic E-state index is 13.0. The van der Waals surface area contributed by atoms with Gasteiger partial charge in [0.05, 0.1) is 28.0 Å². The minimum atomic E-state index is -1.03. The molecule has 1 aliphatic rings. The number of rotatable bonds is 3. The van der Waals surface area contributed by atoms with Crippen LogP contribution in [0.25, 0.3) is 10.9 Å². The van der Waals surface area contributed by atoms with Crippen molar-refractivity contribution in [2.24, 2.45) is 0 Å². The normalized spacial score (nSPS) is 15.2. The van der Waals surface area contributed by atoms with Gasteiger partial charge in [-0.3, -0.25) is 19.3 Å². The molecule has 0 radical (unpaired) electrons. The molecule has 28 heavy (non-hydrogen) atoms. The van der Waals surface area contributed by atoms with Crippen LogP contribution in [0.4, 0.5) is 11.4 Å². The predicted octanol–water partition coefficient (Wildman–Crippen LogP) is 2.78. The van der Waals surface area contributed by atoms with Crippen molar-refractivity contribution >= 4 is 45.9 Å². The summed E-state index contributed by atoms with van der Waals surface area (Å²) < 4.78 is 0. The summed E-state index contributed by atoms with van der Waals surface area (Å²) in [5.74, 6) is -0.457. The summed E-state index contributed by atoms with van der Waals surface area (Å²) in [6, 6.07) is 14.2. The molecule has 0 aliphatic carbocycles.